The van der Waals surface area contributed by atoms with Crippen LogP contribution >= 0.6 is 0 Å². The second-order valence-electron chi connectivity index (χ2n) is 2.74. The molecule has 0 radical (unpaired) electrons. The molecular formula is C8H17Na. The van der Waals surface area contributed by atoms with E-state index in [1.165, 1.54) is 19.3 Å². The van der Waals surface area contributed by atoms with E-state index in [-0.39, 0.29) is 29.6 Å². The summed E-state index contributed by atoms with van der Waals surface area (Å²) >= 11 is 0. The van der Waals surface area contributed by atoms with Crippen LogP contribution in [0.2, 0.25) is 0 Å². The zero-order valence-electron chi connectivity index (χ0n) is 7.11. The first kappa shape index (κ1) is 12.7. The summed E-state index contributed by atoms with van der Waals surface area (Å²) in [7, 11) is 0. The van der Waals surface area contributed by atoms with Crippen LogP contribution in [0.15, 0.2) is 0 Å². The van der Waals surface area contributed by atoms with Gasteiger partial charge in [-0.15, -0.1) is 0 Å². The third-order valence-electron chi connectivity index (χ3n) is 1.28. The largest absolute Gasteiger partial charge is 1.00 e. The minimum absolute atomic E-state index is 0. The van der Waals surface area contributed by atoms with Gasteiger partial charge in [0.2, 0.25) is 0 Å². The number of hydrogen-bond acceptors (Lipinski definition) is 0. The summed E-state index contributed by atoms with van der Waals surface area (Å²) < 4.78 is 0. The Morgan fingerprint density at radius 2 is 1.78 bits per heavy atom. The smallest absolute Gasteiger partial charge is 0.343 e. The summed E-state index contributed by atoms with van der Waals surface area (Å²) in [5.41, 5.74) is 0. The van der Waals surface area contributed by atoms with Crippen molar-refractivity contribution in [2.75, 3.05) is 0 Å². The quantitative estimate of drug-likeness (QED) is 0.291. The summed E-state index contributed by atoms with van der Waals surface area (Å²) in [5.74, 6) is 0.876. The van der Waals surface area contributed by atoms with E-state index >= 15 is 0 Å². The van der Waals surface area contributed by atoms with Crippen molar-refractivity contribution < 1.29 is 29.6 Å². The fourth-order valence-corrected chi connectivity index (χ4v) is 0.729. The van der Waals surface area contributed by atoms with Crippen molar-refractivity contribution in [3.8, 4) is 0 Å². The van der Waals surface area contributed by atoms with Crippen LogP contribution in [0.25, 0.3) is 0 Å². The third-order valence-corrected chi connectivity index (χ3v) is 1.28. The van der Waals surface area contributed by atoms with Crippen molar-refractivity contribution in [1.82, 2.24) is 0 Å². The first-order valence-corrected chi connectivity index (χ1v) is 3.56. The Balaban J connectivity index is 0. The van der Waals surface area contributed by atoms with Gasteiger partial charge in [0.05, 0.1) is 0 Å². The first-order chi connectivity index (χ1) is 3.77. The normalized spacial score (nSPS) is 9.33. The molecule has 0 aromatic rings. The molecule has 1 heteroatoms. The van der Waals surface area contributed by atoms with Crippen LogP contribution in [0.4, 0.5) is 0 Å². The van der Waals surface area contributed by atoms with Crippen LogP contribution in [-0.2, 0) is 0 Å². The van der Waals surface area contributed by atoms with Crippen LogP contribution in [0.1, 0.15) is 39.5 Å². The predicted octanol–water partition coefficient (Wildman–Crippen LogP) is 0.0409. The molecule has 0 N–H and O–H groups in total. The van der Waals surface area contributed by atoms with Gasteiger partial charge in [-0.3, -0.25) is 0 Å². The molecule has 0 aliphatic rings. The second-order valence-corrected chi connectivity index (χ2v) is 2.74. The number of rotatable bonds is 4. The van der Waals surface area contributed by atoms with Gasteiger partial charge in [-0.05, 0) is 5.92 Å². The van der Waals surface area contributed by atoms with Crippen molar-refractivity contribution in [3.05, 3.63) is 6.92 Å². The fourth-order valence-electron chi connectivity index (χ4n) is 0.729. The average Bonchev–Trinajstić information content (AvgIpc) is 1.66. The van der Waals surface area contributed by atoms with Crippen molar-refractivity contribution >= 4 is 0 Å². The van der Waals surface area contributed by atoms with E-state index < -0.39 is 0 Å². The minimum atomic E-state index is 0. The third kappa shape index (κ3) is 12.2. The Hall–Kier alpha value is 1.00. The van der Waals surface area contributed by atoms with E-state index in [2.05, 4.69) is 20.8 Å². The summed E-state index contributed by atoms with van der Waals surface area (Å²) in [4.78, 5) is 0. The van der Waals surface area contributed by atoms with Crippen LogP contribution in [-0.4, -0.2) is 0 Å². The van der Waals surface area contributed by atoms with Crippen molar-refractivity contribution in [2.45, 2.75) is 39.5 Å². The van der Waals surface area contributed by atoms with E-state index in [1.807, 2.05) is 0 Å². The first-order valence-electron chi connectivity index (χ1n) is 3.56. The van der Waals surface area contributed by atoms with Gasteiger partial charge < -0.3 is 6.92 Å². The Kier molecular flexibility index (Phi) is 12.7. The topological polar surface area (TPSA) is 0 Å². The molecule has 0 atom stereocenters. The monoisotopic (exact) mass is 136 g/mol. The molecule has 50 valence electrons. The maximum absolute atomic E-state index is 3.78. The van der Waals surface area contributed by atoms with Gasteiger partial charge in [-0.25, -0.2) is 0 Å². The van der Waals surface area contributed by atoms with Gasteiger partial charge in [0.25, 0.3) is 0 Å². The van der Waals surface area contributed by atoms with E-state index in [9.17, 15) is 0 Å². The SMILES string of the molecule is [CH2-]CCCCC(C)C.[Na+]. The number of unbranched alkanes of at least 4 members (excludes halogenated alkanes) is 2. The van der Waals surface area contributed by atoms with E-state index in [1.54, 1.807) is 0 Å². The zero-order valence-corrected chi connectivity index (χ0v) is 9.11. The van der Waals surface area contributed by atoms with E-state index in [0.717, 1.165) is 12.3 Å². The molecule has 0 saturated heterocycles. The van der Waals surface area contributed by atoms with E-state index in [0.29, 0.717) is 0 Å². The molecule has 0 aliphatic heterocycles. The second kappa shape index (κ2) is 9.00. The summed E-state index contributed by atoms with van der Waals surface area (Å²) in [5, 5.41) is 0. The molecule has 0 unspecified atom stereocenters. The predicted molar refractivity (Wildman–Crippen MR) is 38.7 cm³/mol. The molecule has 0 aromatic carbocycles. The molecule has 0 saturated carbocycles. The molecule has 0 aromatic heterocycles. The molecule has 0 fully saturated rings. The van der Waals surface area contributed by atoms with Gasteiger partial charge >= 0.3 is 29.6 Å². The van der Waals surface area contributed by atoms with Crippen molar-refractivity contribution in [1.29, 1.82) is 0 Å². The molecule has 0 heterocycles. The zero-order chi connectivity index (χ0) is 6.41. The Morgan fingerprint density at radius 1 is 1.22 bits per heavy atom. The maximum Gasteiger partial charge on any atom is 1.00 e. The maximum atomic E-state index is 3.78. The molecule has 0 aliphatic carbocycles. The van der Waals surface area contributed by atoms with Crippen molar-refractivity contribution in [3.63, 3.8) is 0 Å². The van der Waals surface area contributed by atoms with Gasteiger partial charge in [-0.1, -0.05) is 33.1 Å². The van der Waals surface area contributed by atoms with Crippen LogP contribution in [0, 0.1) is 12.8 Å². The average molecular weight is 136 g/mol. The van der Waals surface area contributed by atoms with Gasteiger partial charge in [-0.2, -0.15) is 6.42 Å². The number of hydrogen-bond donors (Lipinski definition) is 0. The summed E-state index contributed by atoms with van der Waals surface area (Å²) in [6.07, 6.45) is 5.14. The van der Waals surface area contributed by atoms with E-state index in [4.69, 9.17) is 0 Å². The molecule has 0 bridgehead atoms. The van der Waals surface area contributed by atoms with Gasteiger partial charge in [0.1, 0.15) is 0 Å². The molecule has 0 rings (SSSR count). The standard InChI is InChI=1S/C8H17.Na/c1-4-5-6-7-8(2)3;/h8H,1,4-7H2,2-3H3;/q-1;+1. The fraction of sp³-hybridized carbons (Fsp3) is 0.875. The van der Waals surface area contributed by atoms with Gasteiger partial charge in [0, 0.05) is 0 Å². The molecule has 9 heavy (non-hydrogen) atoms. The molecule has 0 amide bonds. The van der Waals surface area contributed by atoms with Crippen molar-refractivity contribution in [2.24, 2.45) is 5.92 Å². The Morgan fingerprint density at radius 3 is 2.11 bits per heavy atom. The molecule has 0 spiro atoms. The van der Waals surface area contributed by atoms with Gasteiger partial charge in [0.15, 0.2) is 0 Å². The molecule has 0 nitrogen and oxygen atoms in total. The molecular weight excluding hydrogens is 119 g/mol. The summed E-state index contributed by atoms with van der Waals surface area (Å²) in [6.45, 7) is 8.32. The summed E-state index contributed by atoms with van der Waals surface area (Å²) in [6, 6.07) is 0. The Bertz CT molecular complexity index is 41.8. The Labute approximate surface area is 81.7 Å². The van der Waals surface area contributed by atoms with Crippen LogP contribution < -0.4 is 29.6 Å². The van der Waals surface area contributed by atoms with Crippen LogP contribution in [0.3, 0.4) is 0 Å². The van der Waals surface area contributed by atoms with Crippen LogP contribution in [0.5, 0.6) is 0 Å². The minimum Gasteiger partial charge on any atom is -0.343 e.